The maximum atomic E-state index is 13.5. The summed E-state index contributed by atoms with van der Waals surface area (Å²) in [6.45, 7) is -0.0580. The van der Waals surface area contributed by atoms with Crippen LogP contribution in [0.15, 0.2) is 53.8 Å². The number of halogens is 3. The lowest BCUT2D eigenvalue weighted by molar-refractivity contribution is 0.101. The minimum absolute atomic E-state index is 0. The van der Waals surface area contributed by atoms with Crippen molar-refractivity contribution in [3.8, 4) is 5.75 Å². The number of anilines is 1. The summed E-state index contributed by atoms with van der Waals surface area (Å²) in [5.74, 6) is -2.06. The molecular formula is C21H21F3N4O4S2. The highest BCUT2D eigenvalue weighted by molar-refractivity contribution is 7.89. The van der Waals surface area contributed by atoms with Crippen LogP contribution in [0.1, 0.15) is 28.0 Å². The fourth-order valence-corrected chi connectivity index (χ4v) is 4.97. The van der Waals surface area contributed by atoms with E-state index in [-0.39, 0.29) is 42.1 Å². The summed E-state index contributed by atoms with van der Waals surface area (Å²) >= 11 is 0. The molecule has 3 heterocycles. The fraction of sp³-hybridized carbons (Fsp3) is 0.238. The number of pyridine rings is 1. The molecule has 0 saturated carbocycles. The Morgan fingerprint density at radius 3 is 2.79 bits per heavy atom. The van der Waals surface area contributed by atoms with Crippen LogP contribution in [-0.2, 0) is 23.5 Å². The van der Waals surface area contributed by atoms with Crippen molar-refractivity contribution in [2.24, 2.45) is 7.05 Å². The maximum absolute atomic E-state index is 13.5. The first-order valence-electron chi connectivity index (χ1n) is 9.78. The number of hydrogen-bond acceptors (Lipinski definition) is 5. The van der Waals surface area contributed by atoms with Crippen LogP contribution in [0.3, 0.4) is 0 Å². The molecule has 4 rings (SSSR count). The summed E-state index contributed by atoms with van der Waals surface area (Å²) < 4.78 is 74.9. The Labute approximate surface area is 200 Å². The Kier molecular flexibility index (Phi) is 7.58. The predicted molar refractivity (Wildman–Crippen MR) is 123 cm³/mol. The van der Waals surface area contributed by atoms with Gasteiger partial charge >= 0.3 is 0 Å². The summed E-state index contributed by atoms with van der Waals surface area (Å²) in [4.78, 5) is 16.7. The number of benzene rings is 1. The van der Waals surface area contributed by atoms with Gasteiger partial charge in [-0.3, -0.25) is 9.78 Å². The second kappa shape index (κ2) is 10.1. The third kappa shape index (κ3) is 5.21. The van der Waals surface area contributed by atoms with Crippen molar-refractivity contribution in [2.45, 2.75) is 23.8 Å². The molecule has 2 N–H and O–H groups in total. The molecule has 1 amide bonds. The number of carbonyl (C=O) groups is 1. The second-order valence-electron chi connectivity index (χ2n) is 7.47. The number of carbonyl (C=O) groups excluding carboxylic acids is 1. The van der Waals surface area contributed by atoms with Crippen molar-refractivity contribution in [2.75, 3.05) is 11.9 Å². The van der Waals surface area contributed by atoms with E-state index < -0.39 is 39.8 Å². The van der Waals surface area contributed by atoms with Gasteiger partial charge in [-0.25, -0.2) is 26.3 Å². The first-order chi connectivity index (χ1) is 15.7. The topological polar surface area (TPSA) is 102 Å². The number of nitrogens with one attached hydrogen (secondary N) is 2. The summed E-state index contributed by atoms with van der Waals surface area (Å²) in [5.41, 5.74) is -0.263. The van der Waals surface area contributed by atoms with E-state index in [4.69, 9.17) is 4.74 Å². The number of aryl methyl sites for hydroxylation is 1. The van der Waals surface area contributed by atoms with Crippen molar-refractivity contribution < 1.29 is 31.1 Å². The van der Waals surface area contributed by atoms with Gasteiger partial charge in [-0.05, 0) is 36.2 Å². The zero-order valence-corrected chi connectivity index (χ0v) is 19.6. The lowest BCUT2D eigenvalue weighted by Gasteiger charge is -2.15. The number of ether oxygens (including phenoxy) is 1. The van der Waals surface area contributed by atoms with E-state index in [1.54, 1.807) is 24.5 Å². The summed E-state index contributed by atoms with van der Waals surface area (Å²) in [5, 5.41) is 2.39. The van der Waals surface area contributed by atoms with Gasteiger partial charge in [0.25, 0.3) is 12.3 Å². The Bertz CT molecular complexity index is 1300. The van der Waals surface area contributed by atoms with E-state index in [2.05, 4.69) is 15.0 Å². The molecule has 2 aromatic heterocycles. The number of fused-ring (bicyclic) bond motifs is 1. The number of aromatic nitrogens is 2. The third-order valence-electron chi connectivity index (χ3n) is 5.05. The van der Waals surface area contributed by atoms with Gasteiger partial charge in [0, 0.05) is 31.3 Å². The molecule has 8 nitrogen and oxygen atoms in total. The number of sulfonamides is 1. The van der Waals surface area contributed by atoms with Crippen LogP contribution < -0.4 is 14.8 Å². The summed E-state index contributed by atoms with van der Waals surface area (Å²) in [7, 11) is -2.58. The Hall–Kier alpha value is -3.03. The van der Waals surface area contributed by atoms with Crippen LogP contribution in [0, 0.1) is 5.82 Å². The molecule has 0 saturated heterocycles. The SMILES string of the molecule is Cn1cc2c(c1C(=O)Nc1ccc(F)c(C(F)F)c1)OC[C@H](Cc1cccnc1)NS2(=O)=O.S. The third-order valence-corrected chi connectivity index (χ3v) is 6.57. The number of hydrogen-bond donors (Lipinski definition) is 2. The molecular weight excluding hydrogens is 493 g/mol. The highest BCUT2D eigenvalue weighted by Crippen LogP contribution is 2.33. The number of alkyl halides is 2. The molecule has 182 valence electrons. The Morgan fingerprint density at radius 2 is 2.12 bits per heavy atom. The van der Waals surface area contributed by atoms with Crippen LogP contribution in [-0.4, -0.2) is 36.5 Å². The fourth-order valence-electron chi connectivity index (χ4n) is 3.55. The maximum Gasteiger partial charge on any atom is 0.276 e. The number of nitrogens with zero attached hydrogens (tertiary/aromatic N) is 2. The number of rotatable bonds is 5. The van der Waals surface area contributed by atoms with Crippen LogP contribution >= 0.6 is 13.5 Å². The zero-order valence-electron chi connectivity index (χ0n) is 17.8. The van der Waals surface area contributed by atoms with Gasteiger partial charge in [0.2, 0.25) is 10.0 Å². The van der Waals surface area contributed by atoms with Gasteiger partial charge in [-0.2, -0.15) is 13.5 Å². The standard InChI is InChI=1S/C21H19F3N4O4S.H2S/c1-28-10-17-19(18(28)21(29)26-13-4-5-16(22)15(8-13)20(23)24)32-11-14(27-33(17,30)31)7-12-3-2-6-25-9-12;/h2-6,8-10,14,20,27H,7,11H2,1H3,(H,26,29);1H2/t14-;/m0./s1. The minimum atomic E-state index is -4.02. The van der Waals surface area contributed by atoms with E-state index in [0.717, 1.165) is 23.8 Å². The lowest BCUT2D eigenvalue weighted by Crippen LogP contribution is -2.38. The molecule has 0 unspecified atom stereocenters. The summed E-state index contributed by atoms with van der Waals surface area (Å²) in [6.07, 6.45) is 1.69. The Balaban J connectivity index is 0.00000324. The van der Waals surface area contributed by atoms with Crippen molar-refractivity contribution in [3.05, 3.63) is 71.6 Å². The molecule has 1 aromatic carbocycles. The first-order valence-corrected chi connectivity index (χ1v) is 11.3. The van der Waals surface area contributed by atoms with Crippen molar-refractivity contribution >= 4 is 35.1 Å². The average Bonchev–Trinajstić information content (AvgIpc) is 3.05. The molecule has 0 fully saturated rings. The van der Waals surface area contributed by atoms with Crippen LogP contribution in [0.2, 0.25) is 0 Å². The van der Waals surface area contributed by atoms with Crippen LogP contribution in [0.25, 0.3) is 0 Å². The zero-order chi connectivity index (χ0) is 23.8. The van der Waals surface area contributed by atoms with Crippen molar-refractivity contribution in [3.63, 3.8) is 0 Å². The second-order valence-corrected chi connectivity index (χ2v) is 9.15. The highest BCUT2D eigenvalue weighted by Gasteiger charge is 2.34. The minimum Gasteiger partial charge on any atom is -0.488 e. The van der Waals surface area contributed by atoms with Gasteiger partial charge < -0.3 is 14.6 Å². The van der Waals surface area contributed by atoms with Crippen LogP contribution in [0.4, 0.5) is 18.9 Å². The van der Waals surface area contributed by atoms with E-state index in [0.29, 0.717) is 6.42 Å². The van der Waals surface area contributed by atoms with Crippen molar-refractivity contribution in [1.29, 1.82) is 0 Å². The predicted octanol–water partition coefficient (Wildman–Crippen LogP) is 3.14. The normalized spacial score (nSPS) is 16.7. The molecule has 1 aliphatic heterocycles. The Morgan fingerprint density at radius 1 is 1.35 bits per heavy atom. The molecule has 13 heteroatoms. The number of amides is 1. The molecule has 0 bridgehead atoms. The molecule has 0 spiro atoms. The first kappa shape index (κ1) is 25.6. The van der Waals surface area contributed by atoms with E-state index in [9.17, 15) is 26.4 Å². The van der Waals surface area contributed by atoms with E-state index >= 15 is 0 Å². The summed E-state index contributed by atoms with van der Waals surface area (Å²) in [6, 6.07) is 5.68. The monoisotopic (exact) mass is 514 g/mol. The molecule has 0 radical (unpaired) electrons. The molecule has 0 aliphatic carbocycles. The van der Waals surface area contributed by atoms with E-state index in [1.165, 1.54) is 17.8 Å². The molecule has 1 aliphatic rings. The van der Waals surface area contributed by atoms with Gasteiger partial charge in [0.1, 0.15) is 17.3 Å². The molecule has 1 atom stereocenters. The van der Waals surface area contributed by atoms with Gasteiger partial charge in [0.15, 0.2) is 11.4 Å². The quantitative estimate of drug-likeness (QED) is 0.545. The van der Waals surface area contributed by atoms with Crippen molar-refractivity contribution in [1.82, 2.24) is 14.3 Å². The smallest absolute Gasteiger partial charge is 0.276 e. The highest BCUT2D eigenvalue weighted by atomic mass is 32.2. The lowest BCUT2D eigenvalue weighted by atomic mass is 10.1. The largest absolute Gasteiger partial charge is 0.488 e. The van der Waals surface area contributed by atoms with Crippen LogP contribution in [0.5, 0.6) is 5.75 Å². The van der Waals surface area contributed by atoms with E-state index in [1.807, 2.05) is 0 Å². The molecule has 34 heavy (non-hydrogen) atoms. The molecule has 3 aromatic rings. The average molecular weight is 515 g/mol. The van der Waals surface area contributed by atoms with Gasteiger partial charge in [-0.1, -0.05) is 6.07 Å². The van der Waals surface area contributed by atoms with Gasteiger partial charge in [0.05, 0.1) is 11.6 Å². The van der Waals surface area contributed by atoms with Gasteiger partial charge in [-0.15, -0.1) is 0 Å².